The van der Waals surface area contributed by atoms with Crippen molar-refractivity contribution in [3.63, 3.8) is 0 Å². The van der Waals surface area contributed by atoms with E-state index in [2.05, 4.69) is 4.74 Å². The Morgan fingerprint density at radius 3 is 2.79 bits per heavy atom. The molecule has 3 nitrogen and oxygen atoms in total. The van der Waals surface area contributed by atoms with E-state index in [1.807, 2.05) is 26.0 Å². The van der Waals surface area contributed by atoms with Crippen molar-refractivity contribution in [1.29, 1.82) is 0 Å². The van der Waals surface area contributed by atoms with Crippen molar-refractivity contribution in [3.05, 3.63) is 29.2 Å². The van der Waals surface area contributed by atoms with Crippen LogP contribution in [-0.4, -0.2) is 13.1 Å². The quantitative estimate of drug-likeness (QED) is 0.694. The van der Waals surface area contributed by atoms with E-state index in [1.54, 1.807) is 6.07 Å². The van der Waals surface area contributed by atoms with Crippen LogP contribution in [0.5, 0.6) is 0 Å². The van der Waals surface area contributed by atoms with Crippen LogP contribution >= 0.6 is 0 Å². The standard InChI is InChI=1S/C11H14O3/c1-8(2)6-9-4-5-10(14-9)7-11(12)13-3/h4-6H,7H2,1-3H3. The number of hydrogen-bond donors (Lipinski definition) is 0. The average Bonchev–Trinajstić information content (AvgIpc) is 2.51. The van der Waals surface area contributed by atoms with Gasteiger partial charge in [0.05, 0.1) is 7.11 Å². The second-order valence-electron chi connectivity index (χ2n) is 3.28. The van der Waals surface area contributed by atoms with E-state index in [1.165, 1.54) is 7.11 Å². The highest BCUT2D eigenvalue weighted by atomic mass is 16.5. The number of ether oxygens (including phenoxy) is 1. The first-order valence-corrected chi connectivity index (χ1v) is 4.42. The molecule has 0 radical (unpaired) electrons. The van der Waals surface area contributed by atoms with Crippen molar-refractivity contribution in [3.8, 4) is 0 Å². The predicted molar refractivity (Wildman–Crippen MR) is 53.8 cm³/mol. The number of hydrogen-bond acceptors (Lipinski definition) is 3. The van der Waals surface area contributed by atoms with Crippen LogP contribution in [-0.2, 0) is 16.0 Å². The van der Waals surface area contributed by atoms with Gasteiger partial charge in [-0.3, -0.25) is 4.79 Å². The summed E-state index contributed by atoms with van der Waals surface area (Å²) in [4.78, 5) is 10.9. The van der Waals surface area contributed by atoms with Gasteiger partial charge in [-0.1, -0.05) is 5.57 Å². The Balaban J connectivity index is 2.69. The highest BCUT2D eigenvalue weighted by molar-refractivity contribution is 5.71. The van der Waals surface area contributed by atoms with Gasteiger partial charge in [-0.25, -0.2) is 0 Å². The summed E-state index contributed by atoms with van der Waals surface area (Å²) in [6.45, 7) is 3.98. The minimum atomic E-state index is -0.289. The highest BCUT2D eigenvalue weighted by Gasteiger charge is 2.06. The van der Waals surface area contributed by atoms with Crippen LogP contribution in [0.1, 0.15) is 25.4 Å². The lowest BCUT2D eigenvalue weighted by Crippen LogP contribution is -2.03. The first-order chi connectivity index (χ1) is 6.61. The molecule has 0 unspecified atom stereocenters. The molecule has 0 aromatic carbocycles. The van der Waals surface area contributed by atoms with E-state index in [-0.39, 0.29) is 12.4 Å². The van der Waals surface area contributed by atoms with Gasteiger partial charge in [-0.2, -0.15) is 0 Å². The Morgan fingerprint density at radius 1 is 1.50 bits per heavy atom. The third-order valence-electron chi connectivity index (χ3n) is 1.66. The predicted octanol–water partition coefficient (Wildman–Crippen LogP) is 2.42. The zero-order valence-electron chi connectivity index (χ0n) is 8.66. The maximum absolute atomic E-state index is 10.9. The average molecular weight is 194 g/mol. The van der Waals surface area contributed by atoms with E-state index in [9.17, 15) is 4.79 Å². The summed E-state index contributed by atoms with van der Waals surface area (Å²) >= 11 is 0. The molecule has 0 fully saturated rings. The number of carbonyl (C=O) groups is 1. The zero-order chi connectivity index (χ0) is 10.6. The van der Waals surface area contributed by atoms with Gasteiger partial charge < -0.3 is 9.15 Å². The largest absolute Gasteiger partial charge is 0.469 e. The smallest absolute Gasteiger partial charge is 0.313 e. The third kappa shape index (κ3) is 3.09. The number of allylic oxidation sites excluding steroid dienone is 1. The minimum Gasteiger partial charge on any atom is -0.469 e. The monoisotopic (exact) mass is 194 g/mol. The van der Waals surface area contributed by atoms with Gasteiger partial charge in [0.15, 0.2) is 0 Å². The fourth-order valence-corrected chi connectivity index (χ4v) is 1.07. The van der Waals surface area contributed by atoms with E-state index < -0.39 is 0 Å². The van der Waals surface area contributed by atoms with Crippen LogP contribution in [0.15, 0.2) is 22.1 Å². The third-order valence-corrected chi connectivity index (χ3v) is 1.66. The Bertz CT molecular complexity index is 343. The molecule has 0 bridgehead atoms. The summed E-state index contributed by atoms with van der Waals surface area (Å²) in [5.74, 6) is 1.11. The second-order valence-corrected chi connectivity index (χ2v) is 3.28. The van der Waals surface area contributed by atoms with Gasteiger partial charge in [0.2, 0.25) is 0 Å². The molecule has 1 heterocycles. The summed E-state index contributed by atoms with van der Waals surface area (Å²) in [5, 5.41) is 0. The second kappa shape index (κ2) is 4.65. The van der Waals surface area contributed by atoms with Crippen LogP contribution in [0.3, 0.4) is 0 Å². The van der Waals surface area contributed by atoms with Crippen molar-refractivity contribution in [2.75, 3.05) is 7.11 Å². The topological polar surface area (TPSA) is 39.4 Å². The first-order valence-electron chi connectivity index (χ1n) is 4.42. The fraction of sp³-hybridized carbons (Fsp3) is 0.364. The van der Waals surface area contributed by atoms with Gasteiger partial charge in [-0.05, 0) is 32.1 Å². The van der Waals surface area contributed by atoms with E-state index in [4.69, 9.17) is 4.42 Å². The summed E-state index contributed by atoms with van der Waals surface area (Å²) in [6, 6.07) is 3.62. The van der Waals surface area contributed by atoms with Gasteiger partial charge in [0.1, 0.15) is 17.9 Å². The molecule has 0 aliphatic rings. The van der Waals surface area contributed by atoms with E-state index >= 15 is 0 Å². The Morgan fingerprint density at radius 2 is 2.21 bits per heavy atom. The Kier molecular flexibility index (Phi) is 3.51. The van der Waals surface area contributed by atoms with Gasteiger partial charge in [0.25, 0.3) is 0 Å². The molecule has 14 heavy (non-hydrogen) atoms. The molecule has 0 saturated carbocycles. The number of esters is 1. The lowest BCUT2D eigenvalue weighted by molar-refractivity contribution is -0.140. The maximum Gasteiger partial charge on any atom is 0.313 e. The Labute approximate surface area is 83.4 Å². The molecular weight excluding hydrogens is 180 g/mol. The molecular formula is C11H14O3. The molecule has 0 saturated heterocycles. The maximum atomic E-state index is 10.9. The van der Waals surface area contributed by atoms with Crippen LogP contribution in [0.25, 0.3) is 6.08 Å². The van der Waals surface area contributed by atoms with Crippen molar-refractivity contribution < 1.29 is 13.9 Å². The Hall–Kier alpha value is -1.51. The van der Waals surface area contributed by atoms with Crippen LogP contribution in [0, 0.1) is 0 Å². The molecule has 0 aliphatic carbocycles. The van der Waals surface area contributed by atoms with Crippen LogP contribution in [0.4, 0.5) is 0 Å². The molecule has 0 atom stereocenters. The summed E-state index contributed by atoms with van der Waals surface area (Å²) in [5.41, 5.74) is 1.16. The van der Waals surface area contributed by atoms with Gasteiger partial charge in [0, 0.05) is 0 Å². The number of furan rings is 1. The molecule has 1 aromatic heterocycles. The fourth-order valence-electron chi connectivity index (χ4n) is 1.07. The first kappa shape index (κ1) is 10.6. The molecule has 0 spiro atoms. The van der Waals surface area contributed by atoms with Crippen LogP contribution < -0.4 is 0 Å². The molecule has 0 aliphatic heterocycles. The summed E-state index contributed by atoms with van der Waals surface area (Å²) in [7, 11) is 1.36. The SMILES string of the molecule is COC(=O)Cc1ccc(C=C(C)C)o1. The molecule has 76 valence electrons. The molecule has 0 N–H and O–H groups in total. The van der Waals surface area contributed by atoms with Crippen LogP contribution in [0.2, 0.25) is 0 Å². The molecule has 0 amide bonds. The zero-order valence-corrected chi connectivity index (χ0v) is 8.66. The number of rotatable bonds is 3. The van der Waals surface area contributed by atoms with E-state index in [0.717, 1.165) is 11.3 Å². The lowest BCUT2D eigenvalue weighted by Gasteiger charge is -1.94. The van der Waals surface area contributed by atoms with E-state index in [0.29, 0.717) is 5.76 Å². The van der Waals surface area contributed by atoms with Crippen molar-refractivity contribution in [2.45, 2.75) is 20.3 Å². The lowest BCUT2D eigenvalue weighted by atomic mass is 10.3. The van der Waals surface area contributed by atoms with Gasteiger partial charge >= 0.3 is 5.97 Å². The summed E-state index contributed by atoms with van der Waals surface area (Å²) in [6.07, 6.45) is 2.11. The normalized spacial score (nSPS) is 9.64. The summed E-state index contributed by atoms with van der Waals surface area (Å²) < 4.78 is 9.92. The van der Waals surface area contributed by atoms with Crippen molar-refractivity contribution in [2.24, 2.45) is 0 Å². The molecule has 3 heteroatoms. The number of methoxy groups -OCH3 is 1. The molecule has 1 rings (SSSR count). The minimum absolute atomic E-state index is 0.188. The van der Waals surface area contributed by atoms with Gasteiger partial charge in [-0.15, -0.1) is 0 Å². The molecule has 1 aromatic rings. The highest BCUT2D eigenvalue weighted by Crippen LogP contribution is 2.12. The van der Waals surface area contributed by atoms with Crippen molar-refractivity contribution in [1.82, 2.24) is 0 Å². The van der Waals surface area contributed by atoms with Crippen molar-refractivity contribution >= 4 is 12.0 Å². The number of carbonyl (C=O) groups excluding carboxylic acids is 1.